The van der Waals surface area contributed by atoms with E-state index in [9.17, 15) is 8.78 Å². The van der Waals surface area contributed by atoms with E-state index < -0.39 is 29.1 Å². The van der Waals surface area contributed by atoms with E-state index in [1.807, 2.05) is 0 Å². The van der Waals surface area contributed by atoms with Crippen LogP contribution >= 0.6 is 0 Å². The van der Waals surface area contributed by atoms with Gasteiger partial charge in [-0.25, -0.2) is 8.78 Å². The number of nitrogens with zero attached hydrogens (tertiary/aromatic N) is 1. The Balaban J connectivity index is 3.39. The van der Waals surface area contributed by atoms with Crippen LogP contribution in [-0.4, -0.2) is 12.2 Å². The zero-order valence-corrected chi connectivity index (χ0v) is 7.29. The molecule has 0 aliphatic heterocycles. The summed E-state index contributed by atoms with van der Waals surface area (Å²) in [5.41, 5.74) is -0.477. The van der Waals surface area contributed by atoms with Crippen molar-refractivity contribution in [1.29, 1.82) is 5.26 Å². The minimum absolute atomic E-state index is 0.445. The fraction of sp³-hybridized carbons (Fsp3) is 0.222. The minimum atomic E-state index is -1.74. The lowest BCUT2D eigenvalue weighted by molar-refractivity contribution is 0.221. The summed E-state index contributed by atoms with van der Waals surface area (Å²) in [6.07, 6.45) is -1.74. The Labute approximate surface area is 79.2 Å². The molecule has 0 spiro atoms. The summed E-state index contributed by atoms with van der Waals surface area (Å²) < 4.78 is 30.7. The lowest BCUT2D eigenvalue weighted by Gasteiger charge is -2.10. The third-order valence-corrected chi connectivity index (χ3v) is 1.69. The lowest BCUT2D eigenvalue weighted by Crippen LogP contribution is -2.03. The van der Waals surface area contributed by atoms with Gasteiger partial charge in [0, 0.05) is 0 Å². The largest absolute Gasteiger partial charge is 0.493 e. The molecule has 1 rings (SSSR count). The highest BCUT2D eigenvalue weighted by molar-refractivity contribution is 5.39. The van der Waals surface area contributed by atoms with Crippen LogP contribution in [0, 0.1) is 23.0 Å². The van der Waals surface area contributed by atoms with Crippen LogP contribution in [0.15, 0.2) is 12.1 Å². The fourth-order valence-electron chi connectivity index (χ4n) is 1.08. The molecule has 1 aromatic carbocycles. The fourth-order valence-corrected chi connectivity index (χ4v) is 1.08. The van der Waals surface area contributed by atoms with Gasteiger partial charge in [0.25, 0.3) is 0 Å². The minimum Gasteiger partial charge on any atom is -0.493 e. The summed E-state index contributed by atoms with van der Waals surface area (Å²) in [4.78, 5) is 0. The van der Waals surface area contributed by atoms with Crippen molar-refractivity contribution < 1.29 is 18.6 Å². The first kappa shape index (κ1) is 10.4. The van der Waals surface area contributed by atoms with E-state index in [4.69, 9.17) is 10.4 Å². The van der Waals surface area contributed by atoms with Gasteiger partial charge in [0.05, 0.1) is 18.7 Å². The molecule has 0 saturated heterocycles. The average Bonchev–Trinajstić information content (AvgIpc) is 2.19. The van der Waals surface area contributed by atoms with E-state index in [0.29, 0.717) is 0 Å². The van der Waals surface area contributed by atoms with Crippen LogP contribution in [0.25, 0.3) is 0 Å². The molecule has 0 aliphatic rings. The van der Waals surface area contributed by atoms with Gasteiger partial charge in [0.15, 0.2) is 17.7 Å². The highest BCUT2D eigenvalue weighted by atomic mass is 19.1. The van der Waals surface area contributed by atoms with E-state index in [0.717, 1.165) is 19.2 Å². The number of benzene rings is 1. The number of halogens is 2. The zero-order chi connectivity index (χ0) is 10.7. The molecule has 0 heterocycles. The van der Waals surface area contributed by atoms with E-state index in [1.54, 1.807) is 0 Å². The highest BCUT2D eigenvalue weighted by Crippen LogP contribution is 2.30. The third-order valence-electron chi connectivity index (χ3n) is 1.69. The molecule has 0 saturated carbocycles. The smallest absolute Gasteiger partial charge is 0.172 e. The maximum Gasteiger partial charge on any atom is 0.172 e. The van der Waals surface area contributed by atoms with Gasteiger partial charge in [-0.15, -0.1) is 0 Å². The number of hydrogen-bond donors (Lipinski definition) is 1. The topological polar surface area (TPSA) is 53.2 Å². The van der Waals surface area contributed by atoms with Gasteiger partial charge >= 0.3 is 0 Å². The van der Waals surface area contributed by atoms with E-state index in [1.165, 1.54) is 6.07 Å². The number of rotatable bonds is 2. The highest BCUT2D eigenvalue weighted by Gasteiger charge is 2.21. The van der Waals surface area contributed by atoms with Crippen molar-refractivity contribution in [2.24, 2.45) is 0 Å². The second-order valence-corrected chi connectivity index (χ2v) is 2.51. The summed E-state index contributed by atoms with van der Waals surface area (Å²) in [7, 11) is 1.13. The molecule has 5 heteroatoms. The quantitative estimate of drug-likeness (QED) is 0.735. The molecule has 1 aromatic rings. The molecule has 0 bridgehead atoms. The van der Waals surface area contributed by atoms with Crippen LogP contribution in [-0.2, 0) is 0 Å². The van der Waals surface area contributed by atoms with Gasteiger partial charge in [0.2, 0.25) is 0 Å². The molecule has 1 unspecified atom stereocenters. The molecule has 0 amide bonds. The Morgan fingerprint density at radius 3 is 2.50 bits per heavy atom. The third kappa shape index (κ3) is 1.65. The molecule has 0 aromatic heterocycles. The number of hydrogen-bond acceptors (Lipinski definition) is 3. The van der Waals surface area contributed by atoms with Crippen LogP contribution in [0.2, 0.25) is 0 Å². The van der Waals surface area contributed by atoms with Crippen molar-refractivity contribution in [2.75, 3.05) is 7.11 Å². The van der Waals surface area contributed by atoms with E-state index >= 15 is 0 Å². The first-order valence-electron chi connectivity index (χ1n) is 3.71. The van der Waals surface area contributed by atoms with Crippen LogP contribution in [0.3, 0.4) is 0 Å². The molecule has 0 aliphatic carbocycles. The molecular weight excluding hydrogens is 192 g/mol. The van der Waals surface area contributed by atoms with E-state index in [2.05, 4.69) is 4.74 Å². The molecule has 0 fully saturated rings. The summed E-state index contributed by atoms with van der Waals surface area (Å²) in [6.45, 7) is 0. The number of nitriles is 1. The van der Waals surface area contributed by atoms with Crippen LogP contribution < -0.4 is 4.74 Å². The van der Waals surface area contributed by atoms with Crippen molar-refractivity contribution >= 4 is 0 Å². The Hall–Kier alpha value is -1.67. The molecular formula is C9H7F2NO2. The standard InChI is InChI=1S/C9H7F2NO2/c1-14-9-6(11)3-2-5(10)8(9)7(13)4-12/h2-3,7,13H,1H3. The van der Waals surface area contributed by atoms with E-state index in [-0.39, 0.29) is 0 Å². The van der Waals surface area contributed by atoms with Crippen molar-refractivity contribution in [3.05, 3.63) is 29.3 Å². The van der Waals surface area contributed by atoms with Crippen molar-refractivity contribution in [3.63, 3.8) is 0 Å². The number of ether oxygens (including phenoxy) is 1. The normalized spacial score (nSPS) is 11.9. The van der Waals surface area contributed by atoms with Gasteiger partial charge in [-0.2, -0.15) is 5.26 Å². The summed E-state index contributed by atoms with van der Waals surface area (Å²) in [6, 6.07) is 3.08. The Morgan fingerprint density at radius 2 is 2.00 bits per heavy atom. The molecule has 1 N–H and O–H groups in total. The van der Waals surface area contributed by atoms with Gasteiger partial charge in [-0.05, 0) is 12.1 Å². The Bertz CT molecular complexity index is 387. The zero-order valence-electron chi connectivity index (χ0n) is 7.29. The molecule has 3 nitrogen and oxygen atoms in total. The second kappa shape index (κ2) is 4.03. The first-order chi connectivity index (χ1) is 6.61. The number of aliphatic hydroxyl groups is 1. The first-order valence-corrected chi connectivity index (χ1v) is 3.71. The van der Waals surface area contributed by atoms with Crippen molar-refractivity contribution in [3.8, 4) is 11.8 Å². The Kier molecular flexibility index (Phi) is 2.99. The summed E-state index contributed by atoms with van der Waals surface area (Å²) >= 11 is 0. The monoisotopic (exact) mass is 199 g/mol. The van der Waals surface area contributed by atoms with Gasteiger partial charge in [-0.3, -0.25) is 0 Å². The van der Waals surface area contributed by atoms with Gasteiger partial charge in [0.1, 0.15) is 5.82 Å². The van der Waals surface area contributed by atoms with Crippen molar-refractivity contribution in [2.45, 2.75) is 6.10 Å². The van der Waals surface area contributed by atoms with Gasteiger partial charge in [-0.1, -0.05) is 0 Å². The molecule has 1 atom stereocenters. The molecule has 74 valence electrons. The second-order valence-electron chi connectivity index (χ2n) is 2.51. The predicted octanol–water partition coefficient (Wildman–Crippen LogP) is 1.53. The molecule has 0 radical (unpaired) electrons. The van der Waals surface area contributed by atoms with Crippen LogP contribution in [0.4, 0.5) is 8.78 Å². The Morgan fingerprint density at radius 1 is 1.43 bits per heavy atom. The van der Waals surface area contributed by atoms with Gasteiger partial charge < -0.3 is 9.84 Å². The number of aliphatic hydroxyl groups excluding tert-OH is 1. The van der Waals surface area contributed by atoms with Crippen LogP contribution in [0.1, 0.15) is 11.7 Å². The maximum atomic E-state index is 13.1. The predicted molar refractivity (Wildman–Crippen MR) is 43.5 cm³/mol. The summed E-state index contributed by atoms with van der Waals surface area (Å²) in [5, 5.41) is 17.5. The lowest BCUT2D eigenvalue weighted by atomic mass is 10.1. The van der Waals surface area contributed by atoms with Crippen LogP contribution in [0.5, 0.6) is 5.75 Å². The maximum absolute atomic E-state index is 13.1. The summed E-state index contributed by atoms with van der Waals surface area (Å²) in [5.74, 6) is -2.14. The van der Waals surface area contributed by atoms with Crippen molar-refractivity contribution in [1.82, 2.24) is 0 Å². The SMILES string of the molecule is COc1c(F)ccc(F)c1C(O)C#N. The molecule has 14 heavy (non-hydrogen) atoms. The number of methoxy groups -OCH3 is 1. The average molecular weight is 199 g/mol.